The van der Waals surface area contributed by atoms with E-state index in [9.17, 15) is 4.79 Å². The van der Waals surface area contributed by atoms with Gasteiger partial charge < -0.3 is 0 Å². The van der Waals surface area contributed by atoms with Crippen LogP contribution in [0.5, 0.6) is 0 Å². The molecule has 0 radical (unpaired) electrons. The van der Waals surface area contributed by atoms with Crippen molar-refractivity contribution in [1.82, 2.24) is 16.4 Å². The normalized spacial score (nSPS) is 10.2. The fraction of sp³-hybridized carbons (Fsp3) is 0.300. The van der Waals surface area contributed by atoms with E-state index in [0.717, 1.165) is 0 Å². The van der Waals surface area contributed by atoms with Gasteiger partial charge in [-0.1, -0.05) is 18.2 Å². The van der Waals surface area contributed by atoms with Gasteiger partial charge in [0.05, 0.1) is 0 Å². The maximum Gasteiger partial charge on any atom is 0.266 e. The van der Waals surface area contributed by atoms with E-state index >= 15 is 0 Å². The number of hydrogen-bond acceptors (Lipinski definition) is 3. The van der Waals surface area contributed by atoms with Crippen LogP contribution in [0.2, 0.25) is 0 Å². The number of benzene rings is 1. The smallest absolute Gasteiger partial charge is 0.266 e. The minimum atomic E-state index is -0.154. The Bertz CT molecular complexity index is 285. The molecule has 0 saturated carbocycles. The van der Waals surface area contributed by atoms with E-state index in [-0.39, 0.29) is 11.9 Å². The highest BCUT2D eigenvalue weighted by Gasteiger charge is 2.02. The summed E-state index contributed by atoms with van der Waals surface area (Å²) in [5.41, 5.74) is 8.66. The van der Waals surface area contributed by atoms with Crippen LogP contribution in [0.4, 0.5) is 0 Å². The molecule has 0 fully saturated rings. The molecule has 4 nitrogen and oxygen atoms in total. The highest BCUT2D eigenvalue weighted by Crippen LogP contribution is 1.96. The molecular formula is C10H15N3O. The van der Waals surface area contributed by atoms with Gasteiger partial charge in [0.15, 0.2) is 0 Å². The van der Waals surface area contributed by atoms with Crippen LogP contribution in [0.15, 0.2) is 30.3 Å². The third kappa shape index (κ3) is 3.55. The van der Waals surface area contributed by atoms with Crippen molar-refractivity contribution < 1.29 is 4.79 Å². The molecule has 0 heterocycles. The van der Waals surface area contributed by atoms with Crippen LogP contribution >= 0.6 is 0 Å². The summed E-state index contributed by atoms with van der Waals surface area (Å²) in [4.78, 5) is 11.4. The first-order valence-electron chi connectivity index (χ1n) is 4.56. The molecule has 0 unspecified atom stereocenters. The fourth-order valence-corrected chi connectivity index (χ4v) is 0.899. The Kier molecular flexibility index (Phi) is 4.10. The lowest BCUT2D eigenvalue weighted by atomic mass is 10.2. The van der Waals surface area contributed by atoms with E-state index in [0.29, 0.717) is 5.56 Å². The van der Waals surface area contributed by atoms with Gasteiger partial charge >= 0.3 is 0 Å². The maximum atomic E-state index is 11.4. The monoisotopic (exact) mass is 193 g/mol. The molecule has 14 heavy (non-hydrogen) atoms. The summed E-state index contributed by atoms with van der Waals surface area (Å²) in [5.74, 6) is -0.154. The van der Waals surface area contributed by atoms with E-state index < -0.39 is 0 Å². The van der Waals surface area contributed by atoms with E-state index in [1.54, 1.807) is 12.1 Å². The highest BCUT2D eigenvalue weighted by atomic mass is 16.2. The van der Waals surface area contributed by atoms with Crippen molar-refractivity contribution in [3.8, 4) is 0 Å². The maximum absolute atomic E-state index is 11.4. The van der Waals surface area contributed by atoms with E-state index in [2.05, 4.69) is 16.4 Å². The zero-order valence-electron chi connectivity index (χ0n) is 8.37. The van der Waals surface area contributed by atoms with E-state index in [4.69, 9.17) is 0 Å². The molecule has 0 aliphatic heterocycles. The molecule has 0 aromatic heterocycles. The zero-order valence-corrected chi connectivity index (χ0v) is 8.37. The van der Waals surface area contributed by atoms with Gasteiger partial charge in [0, 0.05) is 11.6 Å². The van der Waals surface area contributed by atoms with Gasteiger partial charge in [-0.3, -0.25) is 10.2 Å². The first-order chi connectivity index (χ1) is 6.70. The molecular weight excluding hydrogens is 178 g/mol. The van der Waals surface area contributed by atoms with Gasteiger partial charge in [-0.15, -0.1) is 0 Å². The summed E-state index contributed by atoms with van der Waals surface area (Å²) < 4.78 is 0. The van der Waals surface area contributed by atoms with Crippen LogP contribution in [0.3, 0.4) is 0 Å². The lowest BCUT2D eigenvalue weighted by Crippen LogP contribution is -2.49. The average Bonchev–Trinajstić information content (AvgIpc) is 2.18. The van der Waals surface area contributed by atoms with Crippen LogP contribution in [0.1, 0.15) is 24.2 Å². The molecule has 1 rings (SSSR count). The predicted molar refractivity (Wildman–Crippen MR) is 55.3 cm³/mol. The zero-order chi connectivity index (χ0) is 10.4. The van der Waals surface area contributed by atoms with Crippen molar-refractivity contribution in [3.63, 3.8) is 0 Å². The van der Waals surface area contributed by atoms with Crippen molar-refractivity contribution >= 4 is 5.91 Å². The average molecular weight is 193 g/mol. The number of hydrogen-bond donors (Lipinski definition) is 3. The molecule has 76 valence electrons. The van der Waals surface area contributed by atoms with Gasteiger partial charge in [0.25, 0.3) is 5.91 Å². The summed E-state index contributed by atoms with van der Waals surface area (Å²) in [6.45, 7) is 3.95. The Morgan fingerprint density at radius 1 is 1.21 bits per heavy atom. The van der Waals surface area contributed by atoms with Crippen LogP contribution < -0.4 is 16.4 Å². The van der Waals surface area contributed by atoms with Crippen molar-refractivity contribution in [2.45, 2.75) is 19.9 Å². The Balaban J connectivity index is 2.36. The second kappa shape index (κ2) is 5.36. The number of carbonyl (C=O) groups excluding carboxylic acids is 1. The second-order valence-corrected chi connectivity index (χ2v) is 3.24. The van der Waals surface area contributed by atoms with Gasteiger partial charge in [-0.25, -0.2) is 5.43 Å². The molecule has 1 aromatic rings. The first-order valence-corrected chi connectivity index (χ1v) is 4.56. The minimum Gasteiger partial charge on any atom is -0.274 e. The van der Waals surface area contributed by atoms with Crippen LogP contribution in [-0.4, -0.2) is 11.9 Å². The number of amides is 1. The summed E-state index contributed by atoms with van der Waals surface area (Å²) >= 11 is 0. The SMILES string of the molecule is CC(C)NNNC(=O)c1ccccc1. The Labute approximate surface area is 83.6 Å². The van der Waals surface area contributed by atoms with Crippen LogP contribution in [0.25, 0.3) is 0 Å². The Morgan fingerprint density at radius 3 is 2.43 bits per heavy atom. The molecule has 0 bridgehead atoms. The van der Waals surface area contributed by atoms with Crippen molar-refractivity contribution in [2.75, 3.05) is 0 Å². The Morgan fingerprint density at radius 2 is 1.86 bits per heavy atom. The van der Waals surface area contributed by atoms with Crippen LogP contribution in [0, 0.1) is 0 Å². The van der Waals surface area contributed by atoms with Crippen molar-refractivity contribution in [3.05, 3.63) is 35.9 Å². The third-order valence-electron chi connectivity index (χ3n) is 1.57. The molecule has 0 saturated heterocycles. The fourth-order valence-electron chi connectivity index (χ4n) is 0.899. The van der Waals surface area contributed by atoms with E-state index in [1.165, 1.54) is 0 Å². The predicted octanol–water partition coefficient (Wildman–Crippen LogP) is 0.834. The summed E-state index contributed by atoms with van der Waals surface area (Å²) in [6, 6.07) is 9.30. The molecule has 1 amide bonds. The summed E-state index contributed by atoms with van der Waals surface area (Å²) in [5, 5.41) is 0. The van der Waals surface area contributed by atoms with Crippen molar-refractivity contribution in [1.29, 1.82) is 0 Å². The topological polar surface area (TPSA) is 53.2 Å². The van der Waals surface area contributed by atoms with Gasteiger partial charge in [-0.2, -0.15) is 5.53 Å². The molecule has 4 heteroatoms. The second-order valence-electron chi connectivity index (χ2n) is 3.24. The molecule has 0 atom stereocenters. The third-order valence-corrected chi connectivity index (χ3v) is 1.57. The highest BCUT2D eigenvalue weighted by molar-refractivity contribution is 5.93. The summed E-state index contributed by atoms with van der Waals surface area (Å²) in [6.07, 6.45) is 0. The van der Waals surface area contributed by atoms with Gasteiger partial charge in [0.1, 0.15) is 0 Å². The largest absolute Gasteiger partial charge is 0.274 e. The Hall–Kier alpha value is -1.39. The quantitative estimate of drug-likeness (QED) is 0.621. The molecule has 0 aliphatic rings. The lowest BCUT2D eigenvalue weighted by molar-refractivity contribution is 0.0921. The lowest BCUT2D eigenvalue weighted by Gasteiger charge is -2.10. The molecule has 3 N–H and O–H groups in total. The van der Waals surface area contributed by atoms with Gasteiger partial charge in [0.2, 0.25) is 0 Å². The van der Waals surface area contributed by atoms with Crippen molar-refractivity contribution in [2.24, 2.45) is 0 Å². The number of carbonyl (C=O) groups is 1. The molecule has 1 aromatic carbocycles. The molecule has 0 aliphatic carbocycles. The number of nitrogens with one attached hydrogen (secondary N) is 3. The minimum absolute atomic E-state index is 0.154. The number of hydrazine groups is 2. The summed E-state index contributed by atoms with van der Waals surface area (Å²) in [7, 11) is 0. The number of rotatable bonds is 4. The standard InChI is InChI=1S/C10H15N3O/c1-8(2)11-13-12-10(14)9-6-4-3-5-7-9/h3-8,11,13H,1-2H3,(H,12,14). The molecule has 0 spiro atoms. The first kappa shape index (κ1) is 10.7. The van der Waals surface area contributed by atoms with Crippen LogP contribution in [-0.2, 0) is 0 Å². The van der Waals surface area contributed by atoms with Gasteiger partial charge in [-0.05, 0) is 26.0 Å². The van der Waals surface area contributed by atoms with E-state index in [1.807, 2.05) is 32.0 Å².